The van der Waals surface area contributed by atoms with Gasteiger partial charge in [0.1, 0.15) is 0 Å². The maximum Gasteiger partial charge on any atom is 0.257 e. The van der Waals surface area contributed by atoms with Gasteiger partial charge in [-0.15, -0.1) is 0 Å². The summed E-state index contributed by atoms with van der Waals surface area (Å²) in [5.74, 6) is 0.259. The highest BCUT2D eigenvalue weighted by atomic mass is 32.2. The first-order valence-corrected chi connectivity index (χ1v) is 7.92. The Kier molecular flexibility index (Phi) is 4.92. The molecule has 0 bridgehead atoms. The van der Waals surface area contributed by atoms with E-state index in [4.69, 9.17) is 4.74 Å². The molecule has 2 heterocycles. The molecule has 1 atom stereocenters. The van der Waals surface area contributed by atoms with Crippen LogP contribution in [0, 0.1) is 5.92 Å². The second kappa shape index (κ2) is 6.47. The lowest BCUT2D eigenvalue weighted by Gasteiger charge is -2.10. The van der Waals surface area contributed by atoms with Crippen molar-refractivity contribution in [3.8, 4) is 0 Å². The number of aromatic nitrogens is 2. The summed E-state index contributed by atoms with van der Waals surface area (Å²) in [4.78, 5) is 0. The first-order chi connectivity index (χ1) is 9.13. The lowest BCUT2D eigenvalue weighted by atomic mass is 10.1. The van der Waals surface area contributed by atoms with Crippen LogP contribution < -0.4 is 10.0 Å². The molecule has 0 spiro atoms. The van der Waals surface area contributed by atoms with Gasteiger partial charge in [-0.05, 0) is 18.9 Å². The van der Waals surface area contributed by atoms with E-state index in [2.05, 4.69) is 20.2 Å². The minimum atomic E-state index is -3.53. The Labute approximate surface area is 113 Å². The largest absolute Gasteiger partial charge is 0.381 e. The fourth-order valence-corrected chi connectivity index (χ4v) is 3.20. The predicted octanol–water partition coefficient (Wildman–Crippen LogP) is -0.166. The normalized spacial score (nSPS) is 19.9. The van der Waals surface area contributed by atoms with E-state index in [1.807, 2.05) is 6.92 Å². The quantitative estimate of drug-likeness (QED) is 0.647. The molecule has 1 aliphatic heterocycles. The molecule has 1 unspecified atom stereocenters. The highest BCUT2D eigenvalue weighted by Crippen LogP contribution is 2.14. The van der Waals surface area contributed by atoms with E-state index >= 15 is 0 Å². The SMILES string of the molecule is CCNCc1cn[nH]c1S(=O)(=O)NCC1CCOC1. The van der Waals surface area contributed by atoms with E-state index in [1.165, 1.54) is 6.20 Å². The van der Waals surface area contributed by atoms with Crippen LogP contribution in [0.4, 0.5) is 0 Å². The van der Waals surface area contributed by atoms with Crippen LogP contribution in [0.15, 0.2) is 11.2 Å². The number of nitrogens with one attached hydrogen (secondary N) is 3. The molecule has 0 aliphatic carbocycles. The van der Waals surface area contributed by atoms with Gasteiger partial charge in [0.05, 0.1) is 12.8 Å². The Balaban J connectivity index is 1.99. The van der Waals surface area contributed by atoms with Crippen LogP contribution in [0.2, 0.25) is 0 Å². The molecule has 7 nitrogen and oxygen atoms in total. The van der Waals surface area contributed by atoms with Gasteiger partial charge in [-0.1, -0.05) is 6.92 Å². The predicted molar refractivity (Wildman–Crippen MR) is 70.1 cm³/mol. The molecule has 2 rings (SSSR count). The second-order valence-corrected chi connectivity index (χ2v) is 6.29. The smallest absolute Gasteiger partial charge is 0.257 e. The Morgan fingerprint density at radius 2 is 2.42 bits per heavy atom. The van der Waals surface area contributed by atoms with E-state index in [-0.39, 0.29) is 10.9 Å². The summed E-state index contributed by atoms with van der Waals surface area (Å²) in [7, 11) is -3.53. The van der Waals surface area contributed by atoms with Gasteiger partial charge in [0, 0.05) is 25.3 Å². The van der Waals surface area contributed by atoms with E-state index < -0.39 is 10.0 Å². The molecule has 1 fully saturated rings. The molecule has 3 N–H and O–H groups in total. The highest BCUT2D eigenvalue weighted by Gasteiger charge is 2.23. The molecule has 0 saturated carbocycles. The van der Waals surface area contributed by atoms with Crippen LogP contribution in [0.1, 0.15) is 18.9 Å². The number of H-pyrrole nitrogens is 1. The lowest BCUT2D eigenvalue weighted by molar-refractivity contribution is 0.186. The highest BCUT2D eigenvalue weighted by molar-refractivity contribution is 7.89. The second-order valence-electron chi connectivity index (χ2n) is 4.59. The Hall–Kier alpha value is -0.960. The van der Waals surface area contributed by atoms with Gasteiger partial charge in [-0.2, -0.15) is 5.10 Å². The number of nitrogens with zero attached hydrogens (tertiary/aromatic N) is 1. The molecule has 1 saturated heterocycles. The Bertz CT molecular complexity index is 494. The van der Waals surface area contributed by atoms with Crippen LogP contribution in [0.25, 0.3) is 0 Å². The van der Waals surface area contributed by atoms with Gasteiger partial charge in [-0.25, -0.2) is 13.1 Å². The van der Waals surface area contributed by atoms with Crippen LogP contribution in [0.3, 0.4) is 0 Å². The van der Waals surface area contributed by atoms with Gasteiger partial charge in [0.2, 0.25) is 0 Å². The molecule has 1 aliphatic rings. The maximum absolute atomic E-state index is 12.2. The molecule has 0 radical (unpaired) electrons. The number of sulfonamides is 1. The zero-order valence-corrected chi connectivity index (χ0v) is 11.8. The molecule has 0 amide bonds. The third-order valence-electron chi connectivity index (χ3n) is 3.10. The summed E-state index contributed by atoms with van der Waals surface area (Å²) < 4.78 is 32.2. The van der Waals surface area contributed by atoms with Crippen molar-refractivity contribution in [1.82, 2.24) is 20.2 Å². The third kappa shape index (κ3) is 3.75. The van der Waals surface area contributed by atoms with Crippen molar-refractivity contribution >= 4 is 10.0 Å². The Morgan fingerprint density at radius 1 is 1.58 bits per heavy atom. The van der Waals surface area contributed by atoms with Gasteiger partial charge in [-0.3, -0.25) is 5.10 Å². The molecule has 1 aromatic rings. The molecule has 108 valence electrons. The number of hydrogen-bond donors (Lipinski definition) is 3. The number of hydrogen-bond acceptors (Lipinski definition) is 5. The topological polar surface area (TPSA) is 96.1 Å². The summed E-state index contributed by atoms with van der Waals surface area (Å²) >= 11 is 0. The van der Waals surface area contributed by atoms with Crippen molar-refractivity contribution in [2.45, 2.75) is 24.9 Å². The number of rotatable bonds is 7. The molecule has 8 heteroatoms. The average molecular weight is 288 g/mol. The van der Waals surface area contributed by atoms with E-state index in [9.17, 15) is 8.42 Å². The van der Waals surface area contributed by atoms with Crippen LogP contribution in [-0.2, 0) is 21.3 Å². The minimum absolute atomic E-state index is 0.146. The first-order valence-electron chi connectivity index (χ1n) is 6.44. The lowest BCUT2D eigenvalue weighted by Crippen LogP contribution is -2.31. The zero-order valence-electron chi connectivity index (χ0n) is 11.0. The number of aromatic amines is 1. The van der Waals surface area contributed by atoms with Gasteiger partial charge < -0.3 is 10.1 Å². The average Bonchev–Trinajstić information content (AvgIpc) is 3.05. The summed E-state index contributed by atoms with van der Waals surface area (Å²) in [6, 6.07) is 0. The van der Waals surface area contributed by atoms with Crippen molar-refractivity contribution in [2.75, 3.05) is 26.3 Å². The van der Waals surface area contributed by atoms with E-state index in [1.54, 1.807) is 0 Å². The van der Waals surface area contributed by atoms with Crippen LogP contribution in [0.5, 0.6) is 0 Å². The fourth-order valence-electron chi connectivity index (χ4n) is 1.96. The van der Waals surface area contributed by atoms with Crippen molar-refractivity contribution in [1.29, 1.82) is 0 Å². The monoisotopic (exact) mass is 288 g/mol. The zero-order chi connectivity index (χ0) is 13.7. The maximum atomic E-state index is 12.2. The Morgan fingerprint density at radius 3 is 3.11 bits per heavy atom. The van der Waals surface area contributed by atoms with E-state index in [0.29, 0.717) is 31.9 Å². The minimum Gasteiger partial charge on any atom is -0.381 e. The molecular formula is C11H20N4O3S. The molecule has 0 aromatic carbocycles. The molecular weight excluding hydrogens is 268 g/mol. The van der Waals surface area contributed by atoms with E-state index in [0.717, 1.165) is 13.0 Å². The van der Waals surface area contributed by atoms with Crippen molar-refractivity contribution in [3.63, 3.8) is 0 Å². The summed E-state index contributed by atoms with van der Waals surface area (Å²) in [6.07, 6.45) is 2.44. The van der Waals surface area contributed by atoms with Crippen molar-refractivity contribution in [3.05, 3.63) is 11.8 Å². The summed E-state index contributed by atoms with van der Waals surface area (Å²) in [5, 5.41) is 9.60. The van der Waals surface area contributed by atoms with Gasteiger partial charge in [0.15, 0.2) is 5.03 Å². The first kappa shape index (κ1) is 14.4. The van der Waals surface area contributed by atoms with Gasteiger partial charge in [0.25, 0.3) is 10.0 Å². The molecule has 1 aromatic heterocycles. The summed E-state index contributed by atoms with van der Waals surface area (Å²) in [5.41, 5.74) is 0.650. The van der Waals surface area contributed by atoms with Crippen LogP contribution >= 0.6 is 0 Å². The number of ether oxygens (including phenoxy) is 1. The summed E-state index contributed by atoms with van der Waals surface area (Å²) in [6.45, 7) is 4.96. The van der Waals surface area contributed by atoms with Crippen LogP contribution in [-0.4, -0.2) is 44.9 Å². The fraction of sp³-hybridized carbons (Fsp3) is 0.727. The van der Waals surface area contributed by atoms with Crippen molar-refractivity contribution in [2.24, 2.45) is 5.92 Å². The third-order valence-corrected chi connectivity index (χ3v) is 4.54. The molecule has 19 heavy (non-hydrogen) atoms. The standard InChI is InChI=1S/C11H20N4O3S/c1-2-12-6-10-7-13-15-11(10)19(16,17)14-5-9-3-4-18-8-9/h7,9,12,14H,2-6,8H2,1H3,(H,13,15). The van der Waals surface area contributed by atoms with Crippen molar-refractivity contribution < 1.29 is 13.2 Å². The van der Waals surface area contributed by atoms with Gasteiger partial charge >= 0.3 is 0 Å².